The van der Waals surface area contributed by atoms with Gasteiger partial charge in [-0.25, -0.2) is 0 Å². The van der Waals surface area contributed by atoms with E-state index in [0.717, 1.165) is 18.6 Å². The fourth-order valence-corrected chi connectivity index (χ4v) is 2.14. The van der Waals surface area contributed by atoms with Crippen LogP contribution in [0.5, 0.6) is 0 Å². The van der Waals surface area contributed by atoms with Crippen molar-refractivity contribution in [2.24, 2.45) is 5.92 Å². The topological polar surface area (TPSA) is 26.3 Å². The molecule has 3 heteroatoms. The summed E-state index contributed by atoms with van der Waals surface area (Å²) in [5.41, 5.74) is 0.809. The second-order valence-electron chi connectivity index (χ2n) is 3.65. The van der Waals surface area contributed by atoms with E-state index in [4.69, 9.17) is 4.74 Å². The van der Waals surface area contributed by atoms with Crippen molar-refractivity contribution in [3.63, 3.8) is 0 Å². The summed E-state index contributed by atoms with van der Waals surface area (Å²) in [4.78, 5) is 13.1. The molecule has 1 aliphatic rings. The lowest BCUT2D eigenvalue weighted by Gasteiger charge is -2.06. The molecule has 0 aliphatic carbocycles. The second kappa shape index (κ2) is 4.81. The van der Waals surface area contributed by atoms with Crippen LogP contribution in [0.25, 0.3) is 0 Å². The lowest BCUT2D eigenvalue weighted by atomic mass is 9.97. The van der Waals surface area contributed by atoms with Gasteiger partial charge >= 0.3 is 0 Å². The zero-order valence-corrected chi connectivity index (χ0v) is 9.55. The molecule has 1 saturated heterocycles. The van der Waals surface area contributed by atoms with Gasteiger partial charge in [0.15, 0.2) is 5.78 Å². The van der Waals surface area contributed by atoms with Crippen molar-refractivity contribution in [2.75, 3.05) is 19.5 Å². The molecule has 0 amide bonds. The highest BCUT2D eigenvalue weighted by Gasteiger charge is 2.24. The Morgan fingerprint density at radius 1 is 1.40 bits per heavy atom. The summed E-state index contributed by atoms with van der Waals surface area (Å²) in [6, 6.07) is 7.81. The van der Waals surface area contributed by atoms with Crippen LogP contribution in [0.4, 0.5) is 0 Å². The van der Waals surface area contributed by atoms with E-state index in [-0.39, 0.29) is 11.7 Å². The quantitative estimate of drug-likeness (QED) is 0.581. The molecule has 15 heavy (non-hydrogen) atoms. The largest absolute Gasteiger partial charge is 0.381 e. The summed E-state index contributed by atoms with van der Waals surface area (Å²) >= 11 is 1.69. The first-order valence-electron chi connectivity index (χ1n) is 5.07. The number of hydrogen-bond donors (Lipinski definition) is 0. The van der Waals surface area contributed by atoms with Gasteiger partial charge in [-0.05, 0) is 24.8 Å². The molecule has 0 saturated carbocycles. The highest BCUT2D eigenvalue weighted by molar-refractivity contribution is 7.98. The van der Waals surface area contributed by atoms with Gasteiger partial charge < -0.3 is 4.74 Å². The summed E-state index contributed by atoms with van der Waals surface area (Å²) in [5, 5.41) is 0. The Labute approximate surface area is 94.0 Å². The van der Waals surface area contributed by atoms with Crippen LogP contribution in [0, 0.1) is 5.92 Å². The average molecular weight is 222 g/mol. The van der Waals surface area contributed by atoms with Gasteiger partial charge in [0, 0.05) is 23.0 Å². The molecule has 0 N–H and O–H groups in total. The molecule has 1 aromatic rings. The molecule has 0 bridgehead atoms. The van der Waals surface area contributed by atoms with Crippen LogP contribution in [-0.4, -0.2) is 25.3 Å². The summed E-state index contributed by atoms with van der Waals surface area (Å²) in [6.07, 6.45) is 2.89. The fraction of sp³-hybridized carbons (Fsp3) is 0.417. The Hall–Kier alpha value is -0.800. The minimum Gasteiger partial charge on any atom is -0.381 e. The first-order valence-corrected chi connectivity index (χ1v) is 6.30. The maximum absolute atomic E-state index is 12.0. The van der Waals surface area contributed by atoms with Gasteiger partial charge in [-0.3, -0.25) is 4.79 Å². The number of hydrogen-bond acceptors (Lipinski definition) is 3. The molecule has 0 aromatic heterocycles. The van der Waals surface area contributed by atoms with E-state index < -0.39 is 0 Å². The van der Waals surface area contributed by atoms with E-state index in [1.165, 1.54) is 4.90 Å². The number of carbonyl (C=O) groups excluding carboxylic acids is 1. The van der Waals surface area contributed by atoms with Crippen molar-refractivity contribution in [1.82, 2.24) is 0 Å². The van der Waals surface area contributed by atoms with E-state index in [2.05, 4.69) is 0 Å². The third-order valence-corrected chi connectivity index (χ3v) is 3.42. The second-order valence-corrected chi connectivity index (χ2v) is 4.53. The molecule has 1 atom stereocenters. The molecule has 1 aromatic carbocycles. The molecule has 0 radical (unpaired) electrons. The predicted molar refractivity (Wildman–Crippen MR) is 61.5 cm³/mol. The van der Waals surface area contributed by atoms with E-state index in [0.29, 0.717) is 6.61 Å². The Morgan fingerprint density at radius 2 is 2.13 bits per heavy atom. The average Bonchev–Trinajstić information content (AvgIpc) is 2.82. The van der Waals surface area contributed by atoms with Crippen LogP contribution in [0.2, 0.25) is 0 Å². The summed E-state index contributed by atoms with van der Waals surface area (Å²) < 4.78 is 5.22. The van der Waals surface area contributed by atoms with Crippen LogP contribution < -0.4 is 0 Å². The Kier molecular flexibility index (Phi) is 3.44. The number of carbonyl (C=O) groups is 1. The van der Waals surface area contributed by atoms with Gasteiger partial charge in [0.1, 0.15) is 0 Å². The molecule has 2 nitrogen and oxygen atoms in total. The van der Waals surface area contributed by atoms with E-state index in [9.17, 15) is 4.79 Å². The van der Waals surface area contributed by atoms with Crippen molar-refractivity contribution in [3.05, 3.63) is 29.8 Å². The Morgan fingerprint density at radius 3 is 2.67 bits per heavy atom. The van der Waals surface area contributed by atoms with Gasteiger partial charge in [0.2, 0.25) is 0 Å². The van der Waals surface area contributed by atoms with Crippen LogP contribution in [-0.2, 0) is 4.74 Å². The number of benzene rings is 1. The minimum absolute atomic E-state index is 0.0742. The molecule has 80 valence electrons. The highest BCUT2D eigenvalue weighted by Crippen LogP contribution is 2.20. The molecule has 1 fully saturated rings. The van der Waals surface area contributed by atoms with Gasteiger partial charge in [-0.1, -0.05) is 12.1 Å². The molecule has 1 unspecified atom stereocenters. The lowest BCUT2D eigenvalue weighted by Crippen LogP contribution is -2.14. The van der Waals surface area contributed by atoms with E-state index in [1.807, 2.05) is 30.5 Å². The zero-order chi connectivity index (χ0) is 10.7. The molecule has 1 aliphatic heterocycles. The van der Waals surface area contributed by atoms with Crippen molar-refractivity contribution in [2.45, 2.75) is 11.3 Å². The monoisotopic (exact) mass is 222 g/mol. The number of ether oxygens (including phenoxy) is 1. The predicted octanol–water partition coefficient (Wildman–Crippen LogP) is 2.63. The maximum atomic E-state index is 12.0. The molecular formula is C12H14O2S. The number of thioether (sulfide) groups is 1. The van der Waals surface area contributed by atoms with Gasteiger partial charge in [-0.15, -0.1) is 11.8 Å². The Balaban J connectivity index is 2.11. The summed E-state index contributed by atoms with van der Waals surface area (Å²) in [5.74, 6) is 0.297. The molecule has 2 rings (SSSR count). The number of Topliss-reactive ketones (excluding diaryl/α,β-unsaturated/α-hetero) is 1. The van der Waals surface area contributed by atoms with Crippen LogP contribution >= 0.6 is 11.8 Å². The SMILES string of the molecule is CSc1ccc(C(=O)C2CCOC2)cc1. The van der Waals surface area contributed by atoms with Gasteiger partial charge in [0.05, 0.1) is 6.61 Å². The maximum Gasteiger partial charge on any atom is 0.168 e. The lowest BCUT2D eigenvalue weighted by molar-refractivity contribution is 0.0900. The van der Waals surface area contributed by atoms with Crippen molar-refractivity contribution in [3.8, 4) is 0 Å². The van der Waals surface area contributed by atoms with Crippen molar-refractivity contribution in [1.29, 1.82) is 0 Å². The van der Waals surface area contributed by atoms with Crippen LogP contribution in [0.3, 0.4) is 0 Å². The van der Waals surface area contributed by atoms with Crippen molar-refractivity contribution >= 4 is 17.5 Å². The number of rotatable bonds is 3. The Bertz CT molecular complexity index is 339. The smallest absolute Gasteiger partial charge is 0.168 e. The van der Waals surface area contributed by atoms with Crippen LogP contribution in [0.1, 0.15) is 16.8 Å². The number of ketones is 1. The minimum atomic E-state index is 0.0742. The van der Waals surface area contributed by atoms with Gasteiger partial charge in [-0.2, -0.15) is 0 Å². The van der Waals surface area contributed by atoms with Gasteiger partial charge in [0.25, 0.3) is 0 Å². The van der Waals surface area contributed by atoms with E-state index >= 15 is 0 Å². The fourth-order valence-electron chi connectivity index (χ4n) is 1.73. The zero-order valence-electron chi connectivity index (χ0n) is 8.73. The third kappa shape index (κ3) is 2.41. The van der Waals surface area contributed by atoms with Crippen LogP contribution in [0.15, 0.2) is 29.2 Å². The highest BCUT2D eigenvalue weighted by atomic mass is 32.2. The molecule has 0 spiro atoms. The summed E-state index contributed by atoms with van der Waals surface area (Å²) in [7, 11) is 0. The first kappa shape index (κ1) is 10.7. The first-order chi connectivity index (χ1) is 7.31. The molecular weight excluding hydrogens is 208 g/mol. The third-order valence-electron chi connectivity index (χ3n) is 2.68. The normalized spacial score (nSPS) is 20.5. The standard InChI is InChI=1S/C12H14O2S/c1-15-11-4-2-9(3-5-11)12(13)10-6-7-14-8-10/h2-5,10H,6-8H2,1H3. The van der Waals surface area contributed by atoms with E-state index in [1.54, 1.807) is 11.8 Å². The molecule has 1 heterocycles. The van der Waals surface area contributed by atoms with Crippen molar-refractivity contribution < 1.29 is 9.53 Å². The summed E-state index contributed by atoms with van der Waals surface area (Å²) in [6.45, 7) is 1.31.